The Balaban J connectivity index is 1.66. The van der Waals surface area contributed by atoms with Crippen LogP contribution in [0.15, 0.2) is 42.5 Å². The van der Waals surface area contributed by atoms with Gasteiger partial charge in [-0.05, 0) is 59.9 Å². The van der Waals surface area contributed by atoms with Gasteiger partial charge >= 0.3 is 0 Å². The lowest BCUT2D eigenvalue weighted by molar-refractivity contribution is 0.304. The summed E-state index contributed by atoms with van der Waals surface area (Å²) in [6, 6.07) is 11.9. The molecule has 1 atom stereocenters. The Labute approximate surface area is 154 Å². The molecule has 1 aliphatic rings. The summed E-state index contributed by atoms with van der Waals surface area (Å²) in [4.78, 5) is 0. The van der Waals surface area contributed by atoms with Crippen LogP contribution < -0.4 is 4.74 Å². The van der Waals surface area contributed by atoms with Crippen LogP contribution >= 0.6 is 11.6 Å². The zero-order chi connectivity index (χ0) is 17.8. The van der Waals surface area contributed by atoms with Crippen LogP contribution in [0.1, 0.15) is 49.8 Å². The SMILES string of the molecule is CCc1ccc(OCc2ccc(C3=CCC(C)CC3)cc2)c(Cl)c1F. The van der Waals surface area contributed by atoms with E-state index in [-0.39, 0.29) is 10.8 Å². The third kappa shape index (κ3) is 4.24. The van der Waals surface area contributed by atoms with Crippen molar-refractivity contribution < 1.29 is 9.13 Å². The lowest BCUT2D eigenvalue weighted by Gasteiger charge is -2.18. The highest BCUT2D eigenvalue weighted by Gasteiger charge is 2.13. The molecule has 0 bridgehead atoms. The van der Waals surface area contributed by atoms with Crippen molar-refractivity contribution in [3.63, 3.8) is 0 Å². The van der Waals surface area contributed by atoms with Crippen LogP contribution in [0.2, 0.25) is 5.02 Å². The van der Waals surface area contributed by atoms with Crippen molar-refractivity contribution in [2.45, 2.75) is 46.1 Å². The average molecular weight is 359 g/mol. The highest BCUT2D eigenvalue weighted by atomic mass is 35.5. The molecule has 2 aromatic carbocycles. The molecule has 0 amide bonds. The molecule has 132 valence electrons. The van der Waals surface area contributed by atoms with Crippen molar-refractivity contribution in [1.82, 2.24) is 0 Å². The highest BCUT2D eigenvalue weighted by molar-refractivity contribution is 6.32. The standard InChI is InChI=1S/C22H24ClFO/c1-3-17-12-13-20(21(23)22(17)24)25-14-16-6-10-19(11-7-16)18-8-4-15(2)5-9-18/h6-8,10-13,15H,3-5,9,14H2,1-2H3. The molecule has 2 aromatic rings. The van der Waals surface area contributed by atoms with Crippen LogP contribution in [0, 0.1) is 11.7 Å². The molecule has 1 unspecified atom stereocenters. The summed E-state index contributed by atoms with van der Waals surface area (Å²) >= 11 is 6.07. The van der Waals surface area contributed by atoms with Gasteiger partial charge in [-0.25, -0.2) is 4.39 Å². The van der Waals surface area contributed by atoms with Gasteiger partial charge in [0.25, 0.3) is 0 Å². The molecule has 3 heteroatoms. The molecule has 1 aliphatic carbocycles. The molecule has 0 saturated carbocycles. The number of aryl methyl sites for hydroxylation is 1. The molecular formula is C22H24ClFO. The molecule has 0 fully saturated rings. The predicted octanol–water partition coefficient (Wildman–Crippen LogP) is 6.82. The van der Waals surface area contributed by atoms with Gasteiger partial charge in [0.15, 0.2) is 0 Å². The van der Waals surface area contributed by atoms with E-state index in [1.54, 1.807) is 12.1 Å². The first-order valence-corrected chi connectivity index (χ1v) is 9.34. The van der Waals surface area contributed by atoms with Crippen molar-refractivity contribution >= 4 is 17.2 Å². The fourth-order valence-corrected chi connectivity index (χ4v) is 3.40. The van der Waals surface area contributed by atoms with Crippen molar-refractivity contribution in [1.29, 1.82) is 0 Å². The predicted molar refractivity (Wildman–Crippen MR) is 103 cm³/mol. The molecular weight excluding hydrogens is 335 g/mol. The second kappa shape index (κ2) is 8.05. The quantitative estimate of drug-likeness (QED) is 0.569. The van der Waals surface area contributed by atoms with Crippen LogP contribution in [0.5, 0.6) is 5.75 Å². The first kappa shape index (κ1) is 18.0. The van der Waals surface area contributed by atoms with E-state index < -0.39 is 0 Å². The Kier molecular flexibility index (Phi) is 5.80. The van der Waals surface area contributed by atoms with Gasteiger partial charge in [-0.3, -0.25) is 0 Å². The van der Waals surface area contributed by atoms with E-state index in [2.05, 4.69) is 37.3 Å². The summed E-state index contributed by atoms with van der Waals surface area (Å²) in [7, 11) is 0. The summed E-state index contributed by atoms with van der Waals surface area (Å²) in [6.07, 6.45) is 6.54. The van der Waals surface area contributed by atoms with Crippen molar-refractivity contribution in [2.24, 2.45) is 5.92 Å². The zero-order valence-electron chi connectivity index (χ0n) is 14.8. The maximum atomic E-state index is 14.1. The van der Waals surface area contributed by atoms with Gasteiger partial charge in [0, 0.05) is 0 Å². The maximum Gasteiger partial charge on any atom is 0.148 e. The van der Waals surface area contributed by atoms with Gasteiger partial charge in [-0.2, -0.15) is 0 Å². The molecule has 0 aliphatic heterocycles. The fourth-order valence-electron chi connectivity index (χ4n) is 3.16. The first-order chi connectivity index (χ1) is 12.1. The Morgan fingerprint density at radius 3 is 2.56 bits per heavy atom. The van der Waals surface area contributed by atoms with Crippen LogP contribution in [0.4, 0.5) is 4.39 Å². The van der Waals surface area contributed by atoms with Crippen molar-refractivity contribution in [3.8, 4) is 5.75 Å². The third-order valence-electron chi connectivity index (χ3n) is 4.90. The third-order valence-corrected chi connectivity index (χ3v) is 5.25. The monoisotopic (exact) mass is 358 g/mol. The number of benzene rings is 2. The Bertz CT molecular complexity index is 764. The van der Waals surface area contributed by atoms with Crippen molar-refractivity contribution in [3.05, 3.63) is 70.0 Å². The summed E-state index contributed by atoms with van der Waals surface area (Å²) < 4.78 is 19.8. The molecule has 0 N–H and O–H groups in total. The van der Waals surface area contributed by atoms with E-state index in [9.17, 15) is 4.39 Å². The Morgan fingerprint density at radius 2 is 1.92 bits per heavy atom. The van der Waals surface area contributed by atoms with E-state index in [0.29, 0.717) is 24.3 Å². The minimum atomic E-state index is -0.379. The smallest absolute Gasteiger partial charge is 0.148 e. The largest absolute Gasteiger partial charge is 0.487 e. The van der Waals surface area contributed by atoms with Gasteiger partial charge < -0.3 is 4.74 Å². The minimum Gasteiger partial charge on any atom is -0.487 e. The van der Waals surface area contributed by atoms with Crippen molar-refractivity contribution in [2.75, 3.05) is 0 Å². The number of allylic oxidation sites excluding steroid dienone is 2. The fraction of sp³-hybridized carbons (Fsp3) is 0.364. The topological polar surface area (TPSA) is 9.23 Å². The van der Waals surface area contributed by atoms with Gasteiger partial charge in [-0.15, -0.1) is 0 Å². The van der Waals surface area contributed by atoms with Gasteiger partial charge in [0.2, 0.25) is 0 Å². The molecule has 1 nitrogen and oxygen atoms in total. The number of halogens is 2. The number of ether oxygens (including phenoxy) is 1. The van der Waals surface area contributed by atoms with Gasteiger partial charge in [-0.1, -0.05) is 61.9 Å². The zero-order valence-corrected chi connectivity index (χ0v) is 15.6. The highest BCUT2D eigenvalue weighted by Crippen LogP contribution is 2.32. The minimum absolute atomic E-state index is 0.0671. The normalized spacial score (nSPS) is 17.3. The second-order valence-electron chi connectivity index (χ2n) is 6.80. The lowest BCUT2D eigenvalue weighted by Crippen LogP contribution is -2.01. The van der Waals surface area contributed by atoms with Crippen LogP contribution in [-0.4, -0.2) is 0 Å². The van der Waals surface area contributed by atoms with E-state index >= 15 is 0 Å². The maximum absolute atomic E-state index is 14.1. The average Bonchev–Trinajstić information content (AvgIpc) is 2.64. The Morgan fingerprint density at radius 1 is 1.16 bits per heavy atom. The molecule has 0 heterocycles. The number of hydrogen-bond acceptors (Lipinski definition) is 1. The summed E-state index contributed by atoms with van der Waals surface area (Å²) in [5.41, 5.74) is 4.37. The molecule has 0 radical (unpaired) electrons. The van der Waals surface area contributed by atoms with E-state index in [1.165, 1.54) is 17.6 Å². The van der Waals surface area contributed by atoms with Gasteiger partial charge in [0.1, 0.15) is 23.2 Å². The van der Waals surface area contributed by atoms with Crippen LogP contribution in [-0.2, 0) is 13.0 Å². The van der Waals surface area contributed by atoms with E-state index in [4.69, 9.17) is 16.3 Å². The molecule has 25 heavy (non-hydrogen) atoms. The summed E-state index contributed by atoms with van der Waals surface area (Å²) in [6.45, 7) is 4.58. The number of hydrogen-bond donors (Lipinski definition) is 0. The second-order valence-corrected chi connectivity index (χ2v) is 7.18. The molecule has 0 aromatic heterocycles. The summed E-state index contributed by atoms with van der Waals surface area (Å²) in [5, 5.41) is 0.0671. The van der Waals surface area contributed by atoms with Crippen LogP contribution in [0.25, 0.3) is 5.57 Å². The van der Waals surface area contributed by atoms with E-state index in [1.807, 2.05) is 6.92 Å². The van der Waals surface area contributed by atoms with E-state index in [0.717, 1.165) is 24.3 Å². The van der Waals surface area contributed by atoms with Crippen LogP contribution in [0.3, 0.4) is 0 Å². The molecule has 0 saturated heterocycles. The molecule has 0 spiro atoms. The molecule has 3 rings (SSSR count). The number of rotatable bonds is 5. The summed E-state index contributed by atoms with van der Waals surface area (Å²) in [5.74, 6) is 0.806. The Hall–Kier alpha value is -1.80. The first-order valence-electron chi connectivity index (χ1n) is 8.96. The van der Waals surface area contributed by atoms with Gasteiger partial charge in [0.05, 0.1) is 0 Å². The lowest BCUT2D eigenvalue weighted by atomic mass is 9.87.